The van der Waals surface area contributed by atoms with E-state index in [0.29, 0.717) is 24.8 Å². The van der Waals surface area contributed by atoms with Gasteiger partial charge in [-0.15, -0.1) is 0 Å². The Morgan fingerprint density at radius 1 is 1.02 bits per heavy atom. The van der Waals surface area contributed by atoms with Crippen molar-refractivity contribution < 1.29 is 24.4 Å². The molecule has 2 aliphatic heterocycles. The summed E-state index contributed by atoms with van der Waals surface area (Å²) in [6.07, 6.45) is 5.67. The molecule has 2 heterocycles. The minimum absolute atomic E-state index is 0.166. The molecule has 0 aromatic heterocycles. The van der Waals surface area contributed by atoms with E-state index >= 15 is 0 Å². The van der Waals surface area contributed by atoms with E-state index in [1.165, 1.54) is 16.0 Å². The van der Waals surface area contributed by atoms with E-state index in [-0.39, 0.29) is 35.5 Å². The van der Waals surface area contributed by atoms with Gasteiger partial charge in [0, 0.05) is 21.4 Å². The summed E-state index contributed by atoms with van der Waals surface area (Å²) in [5.41, 5.74) is 6.59. The number of carbonyl (C=O) groups is 2. The van der Waals surface area contributed by atoms with Crippen LogP contribution in [0.25, 0.3) is 6.08 Å². The minimum Gasteiger partial charge on any atom is -0.507 e. The topological polar surface area (TPSA) is 99.1 Å². The highest BCUT2D eigenvalue weighted by atomic mass is 79.9. The van der Waals surface area contributed by atoms with Gasteiger partial charge >= 0.3 is 7.12 Å². The van der Waals surface area contributed by atoms with Gasteiger partial charge in [0.1, 0.15) is 5.75 Å². The van der Waals surface area contributed by atoms with Crippen LogP contribution in [0, 0.1) is 23.7 Å². The fourth-order valence-electron chi connectivity index (χ4n) is 7.65. The predicted molar refractivity (Wildman–Crippen MR) is 191 cm³/mol. The molecule has 0 saturated carbocycles. The summed E-state index contributed by atoms with van der Waals surface area (Å²) in [6.45, 7) is 6.41. The number of amides is 2. The number of phenols is 1. The van der Waals surface area contributed by atoms with Crippen molar-refractivity contribution in [3.8, 4) is 5.75 Å². The van der Waals surface area contributed by atoms with Crippen molar-refractivity contribution >= 4 is 58.0 Å². The van der Waals surface area contributed by atoms with E-state index in [2.05, 4.69) is 42.0 Å². The molecule has 0 bridgehead atoms. The molecule has 9 heteroatoms. The maximum absolute atomic E-state index is 14.2. The zero-order chi connectivity index (χ0) is 33.2. The van der Waals surface area contributed by atoms with Crippen molar-refractivity contribution in [2.75, 3.05) is 10.2 Å². The molecule has 2 fully saturated rings. The SMILES string of the molecule is CCC/C(=C\c1cc(Br)ccc1O)CC[C@H]1OB(O)C[C@H]2C1=C(C(C)C)C[C@H]1C(=O)N(c3ccc(Nc4ccccc4)cc3)C(=O)[C@H]12. The van der Waals surface area contributed by atoms with Crippen LogP contribution in [0.1, 0.15) is 58.4 Å². The highest BCUT2D eigenvalue weighted by molar-refractivity contribution is 9.10. The molecule has 47 heavy (non-hydrogen) atoms. The lowest BCUT2D eigenvalue weighted by molar-refractivity contribution is -0.122. The van der Waals surface area contributed by atoms with Crippen LogP contribution in [-0.4, -0.2) is 35.2 Å². The number of nitrogens with zero attached hydrogens (tertiary/aromatic N) is 1. The average molecular weight is 697 g/mol. The quantitative estimate of drug-likeness (QED) is 0.112. The van der Waals surface area contributed by atoms with Gasteiger partial charge in [0.2, 0.25) is 11.8 Å². The van der Waals surface area contributed by atoms with Crippen LogP contribution in [0.3, 0.4) is 0 Å². The van der Waals surface area contributed by atoms with Crippen molar-refractivity contribution in [2.24, 2.45) is 23.7 Å². The standard InChI is InChI=1S/C38H42BBrN2O5/c1-4-8-24(19-25-20-26(40)12-17-33(25)43)11-18-34-35-30(23(2)3)21-31-36(32(35)22-39(46)47-34)38(45)42(37(31)44)29-15-13-28(14-16-29)41-27-9-6-5-7-10-27/h5-7,9-10,12-17,19-20,23,31-32,34,36,41,43,46H,4,8,11,18,21-22H2,1-3H3/b24-19+/t31-,32+,34-,36-/m1/s1. The van der Waals surface area contributed by atoms with E-state index in [1.54, 1.807) is 6.07 Å². The summed E-state index contributed by atoms with van der Waals surface area (Å²) in [7, 11) is -1.02. The summed E-state index contributed by atoms with van der Waals surface area (Å²) in [5.74, 6) is -1.24. The second-order valence-corrected chi connectivity index (χ2v) is 14.2. The molecule has 0 radical (unpaired) electrons. The van der Waals surface area contributed by atoms with Crippen LogP contribution in [0.2, 0.25) is 6.32 Å². The van der Waals surface area contributed by atoms with Crippen LogP contribution >= 0.6 is 15.9 Å². The normalized spacial score (nSPS) is 23.0. The molecule has 7 nitrogen and oxygen atoms in total. The molecule has 244 valence electrons. The Bertz CT molecular complexity index is 1690. The monoisotopic (exact) mass is 696 g/mol. The number of benzene rings is 3. The molecule has 0 unspecified atom stereocenters. The molecule has 2 saturated heterocycles. The van der Waals surface area contributed by atoms with Crippen LogP contribution in [-0.2, 0) is 14.2 Å². The highest BCUT2D eigenvalue weighted by Gasteiger charge is 2.57. The summed E-state index contributed by atoms with van der Waals surface area (Å²) >= 11 is 3.51. The first-order chi connectivity index (χ1) is 22.6. The van der Waals surface area contributed by atoms with Gasteiger partial charge in [-0.1, -0.05) is 78.5 Å². The number of hydrogen-bond acceptors (Lipinski definition) is 6. The molecule has 1 aliphatic carbocycles. The van der Waals surface area contributed by atoms with Crippen molar-refractivity contribution in [3.63, 3.8) is 0 Å². The molecule has 2 amide bonds. The van der Waals surface area contributed by atoms with Gasteiger partial charge in [-0.05, 0) is 104 Å². The Morgan fingerprint density at radius 2 is 1.74 bits per heavy atom. The van der Waals surface area contributed by atoms with E-state index < -0.39 is 19.0 Å². The third-order valence-electron chi connectivity index (χ3n) is 9.78. The summed E-state index contributed by atoms with van der Waals surface area (Å²) in [5, 5.41) is 24.8. The number of fused-ring (bicyclic) bond motifs is 3. The number of hydrogen-bond donors (Lipinski definition) is 3. The van der Waals surface area contributed by atoms with Gasteiger partial charge in [0.05, 0.1) is 23.6 Å². The molecule has 3 aromatic carbocycles. The predicted octanol–water partition coefficient (Wildman–Crippen LogP) is 8.52. The number of aromatic hydroxyl groups is 1. The van der Waals surface area contributed by atoms with Crippen LogP contribution in [0.15, 0.2) is 94.0 Å². The summed E-state index contributed by atoms with van der Waals surface area (Å²) < 4.78 is 7.13. The van der Waals surface area contributed by atoms with Crippen molar-refractivity contribution in [1.82, 2.24) is 0 Å². The molecule has 3 N–H and O–H groups in total. The number of halogens is 1. The Hall–Kier alpha value is -3.66. The maximum Gasteiger partial charge on any atom is 0.455 e. The number of nitrogens with one attached hydrogen (secondary N) is 1. The van der Waals surface area contributed by atoms with E-state index in [9.17, 15) is 19.7 Å². The maximum atomic E-state index is 14.2. The lowest BCUT2D eigenvalue weighted by Gasteiger charge is -2.44. The molecular weight excluding hydrogens is 655 g/mol. The van der Waals surface area contributed by atoms with Gasteiger partial charge in [-0.25, -0.2) is 0 Å². The zero-order valence-electron chi connectivity index (χ0n) is 27.2. The lowest BCUT2D eigenvalue weighted by atomic mass is 9.57. The van der Waals surface area contributed by atoms with Crippen LogP contribution < -0.4 is 10.2 Å². The first-order valence-electron chi connectivity index (χ1n) is 16.7. The number of phenolic OH excluding ortho intramolecular Hbond substituents is 1. The number of para-hydroxylation sites is 1. The van der Waals surface area contributed by atoms with Crippen molar-refractivity contribution in [3.05, 3.63) is 99.6 Å². The second kappa shape index (κ2) is 14.2. The fraction of sp³-hybridized carbons (Fsp3) is 0.368. The smallest absolute Gasteiger partial charge is 0.455 e. The van der Waals surface area contributed by atoms with Crippen molar-refractivity contribution in [1.29, 1.82) is 0 Å². The number of rotatable bonds is 10. The van der Waals surface area contributed by atoms with Gasteiger partial charge in [-0.2, -0.15) is 0 Å². The van der Waals surface area contributed by atoms with Gasteiger partial charge < -0.3 is 20.1 Å². The second-order valence-electron chi connectivity index (χ2n) is 13.2. The lowest BCUT2D eigenvalue weighted by Crippen LogP contribution is -2.46. The number of imide groups is 1. The van der Waals surface area contributed by atoms with Crippen LogP contribution in [0.4, 0.5) is 17.1 Å². The molecule has 6 rings (SSSR count). The van der Waals surface area contributed by atoms with E-state index in [0.717, 1.165) is 46.2 Å². The van der Waals surface area contributed by atoms with E-state index in [4.69, 9.17) is 4.65 Å². The molecule has 4 atom stereocenters. The summed E-state index contributed by atoms with van der Waals surface area (Å²) in [4.78, 5) is 29.5. The molecule has 3 aromatic rings. The van der Waals surface area contributed by atoms with E-state index in [1.807, 2.05) is 72.8 Å². The number of anilines is 3. The van der Waals surface area contributed by atoms with Gasteiger partial charge in [0.15, 0.2) is 0 Å². The largest absolute Gasteiger partial charge is 0.507 e. The zero-order valence-corrected chi connectivity index (χ0v) is 28.7. The Kier molecular flexibility index (Phi) is 10.1. The Morgan fingerprint density at radius 3 is 2.45 bits per heavy atom. The van der Waals surface area contributed by atoms with Crippen molar-refractivity contribution in [2.45, 2.75) is 65.3 Å². The molecular formula is C38H42BBrN2O5. The number of allylic oxidation sites excluding steroid dienone is 2. The molecule has 3 aliphatic rings. The Balaban J connectivity index is 1.26. The fourth-order valence-corrected chi connectivity index (χ4v) is 8.03. The average Bonchev–Trinajstić information content (AvgIpc) is 3.31. The third-order valence-corrected chi connectivity index (χ3v) is 10.3. The first-order valence-corrected chi connectivity index (χ1v) is 17.5. The first kappa shape index (κ1) is 33.3. The van der Waals surface area contributed by atoms with Gasteiger partial charge in [-0.3, -0.25) is 14.5 Å². The van der Waals surface area contributed by atoms with Crippen LogP contribution in [0.5, 0.6) is 5.75 Å². The third kappa shape index (κ3) is 6.98. The molecule has 0 spiro atoms. The summed E-state index contributed by atoms with van der Waals surface area (Å²) in [6, 6.07) is 22.7. The van der Waals surface area contributed by atoms with Gasteiger partial charge in [0.25, 0.3) is 0 Å². The minimum atomic E-state index is -1.02. The Labute approximate surface area is 286 Å². The highest BCUT2D eigenvalue weighted by Crippen LogP contribution is 2.52. The number of carbonyl (C=O) groups excluding carboxylic acids is 2.